The molecule has 18 heavy (non-hydrogen) atoms. The fourth-order valence-electron chi connectivity index (χ4n) is 4.98. The highest BCUT2D eigenvalue weighted by molar-refractivity contribution is 5.99. The Morgan fingerprint density at radius 2 is 1.56 bits per heavy atom. The van der Waals surface area contributed by atoms with Crippen molar-refractivity contribution in [2.24, 2.45) is 23.2 Å². The van der Waals surface area contributed by atoms with E-state index in [4.69, 9.17) is 4.74 Å². The number of Topliss-reactive ketones (excluding diaryl/α,β-unsaturated/α-hetero) is 1. The Hall–Kier alpha value is -0.860. The minimum absolute atomic E-state index is 0.000000000000000444. The zero-order chi connectivity index (χ0) is 12.8. The van der Waals surface area contributed by atoms with Gasteiger partial charge < -0.3 is 4.74 Å². The highest BCUT2D eigenvalue weighted by atomic mass is 16.5. The van der Waals surface area contributed by atoms with Crippen molar-refractivity contribution in [2.45, 2.75) is 51.9 Å². The number of carbonyl (C=O) groups excluding carboxylic acids is 2. The summed E-state index contributed by atoms with van der Waals surface area (Å²) in [5.74, 6) is 2.09. The van der Waals surface area contributed by atoms with Crippen LogP contribution in [0.2, 0.25) is 0 Å². The molecule has 0 N–H and O–H groups in total. The molecular formula is C15H22O3. The van der Waals surface area contributed by atoms with Crippen molar-refractivity contribution in [1.29, 1.82) is 0 Å². The standard InChI is InChI=1S/C15H22O3/c1-2-18-14(17)6-13(16)15-7-10-3-11(8-15)5-12(4-10)9-15/h10-12H,2-9H2,1H3. The van der Waals surface area contributed by atoms with Crippen LogP contribution in [0.15, 0.2) is 0 Å². The van der Waals surface area contributed by atoms with Crippen LogP contribution in [-0.2, 0) is 14.3 Å². The summed E-state index contributed by atoms with van der Waals surface area (Å²) < 4.78 is 4.92. The average molecular weight is 250 g/mol. The first-order valence-electron chi connectivity index (χ1n) is 7.30. The molecule has 4 fully saturated rings. The molecule has 4 bridgehead atoms. The second kappa shape index (κ2) is 4.36. The topological polar surface area (TPSA) is 43.4 Å². The van der Waals surface area contributed by atoms with E-state index in [0.717, 1.165) is 37.0 Å². The molecule has 0 aromatic heterocycles. The van der Waals surface area contributed by atoms with E-state index in [1.165, 1.54) is 19.3 Å². The number of ether oxygens (including phenoxy) is 1. The molecule has 4 aliphatic carbocycles. The molecule has 3 nitrogen and oxygen atoms in total. The van der Waals surface area contributed by atoms with Gasteiger partial charge in [0, 0.05) is 5.41 Å². The van der Waals surface area contributed by atoms with Crippen molar-refractivity contribution in [3.8, 4) is 0 Å². The highest BCUT2D eigenvalue weighted by Crippen LogP contribution is 2.60. The molecule has 0 unspecified atom stereocenters. The molecule has 0 spiro atoms. The van der Waals surface area contributed by atoms with Gasteiger partial charge in [-0.25, -0.2) is 0 Å². The minimum atomic E-state index is -0.335. The van der Waals surface area contributed by atoms with Gasteiger partial charge >= 0.3 is 5.97 Å². The van der Waals surface area contributed by atoms with Crippen molar-refractivity contribution in [3.05, 3.63) is 0 Å². The van der Waals surface area contributed by atoms with Crippen LogP contribution in [0.5, 0.6) is 0 Å². The Labute approximate surface area is 108 Å². The lowest BCUT2D eigenvalue weighted by molar-refractivity contribution is -0.153. The van der Waals surface area contributed by atoms with Crippen LogP contribution in [0.1, 0.15) is 51.9 Å². The predicted molar refractivity (Wildman–Crippen MR) is 66.9 cm³/mol. The van der Waals surface area contributed by atoms with Crippen molar-refractivity contribution in [1.82, 2.24) is 0 Å². The summed E-state index contributed by atoms with van der Waals surface area (Å²) in [6.07, 6.45) is 7.09. The molecule has 0 amide bonds. The van der Waals surface area contributed by atoms with Gasteiger partial charge in [0.2, 0.25) is 0 Å². The van der Waals surface area contributed by atoms with E-state index < -0.39 is 0 Å². The van der Waals surface area contributed by atoms with E-state index in [1.54, 1.807) is 6.92 Å². The summed E-state index contributed by atoms with van der Waals surface area (Å²) in [6, 6.07) is 0. The first-order valence-corrected chi connectivity index (χ1v) is 7.30. The Morgan fingerprint density at radius 1 is 1.06 bits per heavy atom. The number of ketones is 1. The first kappa shape index (κ1) is 12.2. The number of esters is 1. The maximum Gasteiger partial charge on any atom is 0.313 e. The Kier molecular flexibility index (Phi) is 2.95. The van der Waals surface area contributed by atoms with Crippen LogP contribution in [0.4, 0.5) is 0 Å². The molecule has 4 saturated carbocycles. The van der Waals surface area contributed by atoms with Crippen molar-refractivity contribution < 1.29 is 14.3 Å². The zero-order valence-corrected chi connectivity index (χ0v) is 11.1. The molecule has 0 atom stereocenters. The largest absolute Gasteiger partial charge is 0.466 e. The third-order valence-electron chi connectivity index (χ3n) is 5.24. The van der Waals surface area contributed by atoms with E-state index in [1.807, 2.05) is 0 Å². The van der Waals surface area contributed by atoms with E-state index in [0.29, 0.717) is 6.61 Å². The molecule has 100 valence electrons. The molecule has 0 saturated heterocycles. The van der Waals surface area contributed by atoms with Crippen molar-refractivity contribution >= 4 is 11.8 Å². The average Bonchev–Trinajstić information content (AvgIpc) is 2.27. The smallest absolute Gasteiger partial charge is 0.313 e. The van der Waals surface area contributed by atoms with Gasteiger partial charge in [0.15, 0.2) is 0 Å². The van der Waals surface area contributed by atoms with Gasteiger partial charge in [-0.2, -0.15) is 0 Å². The van der Waals surface area contributed by atoms with Gasteiger partial charge in [0.05, 0.1) is 6.61 Å². The summed E-state index contributed by atoms with van der Waals surface area (Å²) in [6.45, 7) is 2.15. The number of hydrogen-bond donors (Lipinski definition) is 0. The molecule has 0 heterocycles. The fourth-order valence-corrected chi connectivity index (χ4v) is 4.98. The van der Waals surface area contributed by atoms with Crippen molar-refractivity contribution in [3.63, 3.8) is 0 Å². The highest BCUT2D eigenvalue weighted by Gasteiger charge is 2.54. The maximum absolute atomic E-state index is 12.5. The lowest BCUT2D eigenvalue weighted by atomic mass is 9.48. The predicted octanol–water partition coefficient (Wildman–Crippen LogP) is 2.73. The van der Waals surface area contributed by atoms with Crippen LogP contribution < -0.4 is 0 Å². The van der Waals surface area contributed by atoms with E-state index in [9.17, 15) is 9.59 Å². The van der Waals surface area contributed by atoms with Gasteiger partial charge in [-0.05, 0) is 63.2 Å². The second-order valence-corrected chi connectivity index (χ2v) is 6.60. The van der Waals surface area contributed by atoms with Gasteiger partial charge in [-0.1, -0.05) is 0 Å². The third kappa shape index (κ3) is 1.98. The summed E-state index contributed by atoms with van der Waals surface area (Å²) >= 11 is 0. The van der Waals surface area contributed by atoms with Crippen LogP contribution in [0, 0.1) is 23.2 Å². The minimum Gasteiger partial charge on any atom is -0.466 e. The van der Waals surface area contributed by atoms with E-state index in [2.05, 4.69) is 0 Å². The van der Waals surface area contributed by atoms with Crippen LogP contribution in [0.25, 0.3) is 0 Å². The maximum atomic E-state index is 12.5. The number of rotatable bonds is 4. The number of hydrogen-bond acceptors (Lipinski definition) is 3. The lowest BCUT2D eigenvalue weighted by Gasteiger charge is -2.55. The summed E-state index contributed by atoms with van der Waals surface area (Å²) in [7, 11) is 0. The zero-order valence-electron chi connectivity index (χ0n) is 11.1. The summed E-state index contributed by atoms with van der Waals surface area (Å²) in [4.78, 5) is 24.0. The van der Waals surface area contributed by atoms with Crippen LogP contribution in [-0.4, -0.2) is 18.4 Å². The Balaban J connectivity index is 1.71. The van der Waals surface area contributed by atoms with Gasteiger partial charge in [-0.15, -0.1) is 0 Å². The molecule has 0 aromatic rings. The van der Waals surface area contributed by atoms with Gasteiger partial charge in [0.25, 0.3) is 0 Å². The second-order valence-electron chi connectivity index (χ2n) is 6.60. The Morgan fingerprint density at radius 3 is 2.00 bits per heavy atom. The first-order chi connectivity index (χ1) is 8.61. The van der Waals surface area contributed by atoms with Gasteiger partial charge in [0.1, 0.15) is 12.2 Å². The summed E-state index contributed by atoms with van der Waals surface area (Å²) in [5.41, 5.74) is -0.151. The number of carbonyl (C=O) groups is 2. The molecule has 0 radical (unpaired) electrons. The third-order valence-corrected chi connectivity index (χ3v) is 5.24. The fraction of sp³-hybridized carbons (Fsp3) is 0.867. The normalized spacial score (nSPS) is 40.8. The Bertz CT molecular complexity index is 337. The SMILES string of the molecule is CCOC(=O)CC(=O)C12CC3CC(CC(C3)C1)C2. The van der Waals surface area contributed by atoms with Crippen LogP contribution >= 0.6 is 0 Å². The molecular weight excluding hydrogens is 228 g/mol. The summed E-state index contributed by atoms with van der Waals surface area (Å²) in [5, 5.41) is 0. The van der Waals surface area contributed by atoms with Crippen molar-refractivity contribution in [2.75, 3.05) is 6.61 Å². The van der Waals surface area contributed by atoms with Gasteiger partial charge in [-0.3, -0.25) is 9.59 Å². The van der Waals surface area contributed by atoms with E-state index >= 15 is 0 Å². The van der Waals surface area contributed by atoms with E-state index in [-0.39, 0.29) is 23.6 Å². The van der Waals surface area contributed by atoms with Crippen LogP contribution in [0.3, 0.4) is 0 Å². The molecule has 0 aromatic carbocycles. The lowest BCUT2D eigenvalue weighted by Crippen LogP contribution is -2.50. The molecule has 4 aliphatic rings. The molecule has 4 rings (SSSR count). The molecule has 3 heteroatoms. The quantitative estimate of drug-likeness (QED) is 0.569. The monoisotopic (exact) mass is 250 g/mol. The molecule has 0 aliphatic heterocycles.